The van der Waals surface area contributed by atoms with Gasteiger partial charge in [0.2, 0.25) is 0 Å². The molecule has 0 aliphatic rings. The second kappa shape index (κ2) is 2.90. The number of rotatable bonds is 1. The van der Waals surface area contributed by atoms with Crippen LogP contribution in [0.4, 0.5) is 0 Å². The van der Waals surface area contributed by atoms with Crippen LogP contribution >= 0.6 is 15.9 Å². The molecule has 1 N–H and O–H groups in total. The molecule has 2 aromatic rings. The molecule has 2 rings (SSSR count). The molecule has 2 aromatic heterocycles. The highest BCUT2D eigenvalue weighted by atomic mass is 79.9. The minimum Gasteiger partial charge on any atom is -0.342 e. The minimum absolute atomic E-state index is 0.353. The Bertz CT molecular complexity index is 359. The van der Waals surface area contributed by atoms with Crippen molar-refractivity contribution in [1.82, 2.24) is 9.97 Å². The summed E-state index contributed by atoms with van der Waals surface area (Å²) >= 11 is 3.50. The van der Waals surface area contributed by atoms with Crippen molar-refractivity contribution in [3.05, 3.63) is 30.1 Å². The molecule has 1 atom stereocenters. The molecule has 2 nitrogen and oxygen atoms in total. The molecule has 1 unspecified atom stereocenters. The second-order valence-electron chi connectivity index (χ2n) is 2.78. The monoisotopic (exact) mass is 224 g/mol. The number of nitrogens with one attached hydrogen (secondary N) is 1. The topological polar surface area (TPSA) is 28.7 Å². The number of nitrogens with zero attached hydrogens (tertiary/aromatic N) is 1. The van der Waals surface area contributed by atoms with Gasteiger partial charge >= 0.3 is 0 Å². The Morgan fingerprint density at radius 1 is 1.58 bits per heavy atom. The van der Waals surface area contributed by atoms with E-state index in [4.69, 9.17) is 0 Å². The molecule has 0 fully saturated rings. The summed E-state index contributed by atoms with van der Waals surface area (Å²) in [6.07, 6.45) is 1.79. The summed E-state index contributed by atoms with van der Waals surface area (Å²) in [5.74, 6) is 0. The molecule has 0 amide bonds. The first-order valence-electron chi connectivity index (χ1n) is 3.85. The van der Waals surface area contributed by atoms with Crippen LogP contribution in [0.1, 0.15) is 17.4 Å². The zero-order chi connectivity index (χ0) is 8.55. The first kappa shape index (κ1) is 7.80. The third-order valence-electron chi connectivity index (χ3n) is 1.84. The lowest BCUT2D eigenvalue weighted by Gasteiger charge is -1.95. The van der Waals surface area contributed by atoms with Crippen molar-refractivity contribution in [2.24, 2.45) is 0 Å². The second-order valence-corrected chi connectivity index (χ2v) is 4.16. The molecule has 12 heavy (non-hydrogen) atoms. The van der Waals surface area contributed by atoms with Gasteiger partial charge in [-0.05, 0) is 25.1 Å². The molecule has 2 heterocycles. The predicted octanol–water partition coefficient (Wildman–Crippen LogP) is 3.02. The Kier molecular flexibility index (Phi) is 1.89. The maximum Gasteiger partial charge on any atom is 0.137 e. The number of aromatic nitrogens is 2. The Hall–Kier alpha value is -0.830. The molecule has 0 aliphatic heterocycles. The van der Waals surface area contributed by atoms with Crippen molar-refractivity contribution >= 4 is 27.0 Å². The van der Waals surface area contributed by atoms with E-state index in [1.807, 2.05) is 6.07 Å². The highest BCUT2D eigenvalue weighted by molar-refractivity contribution is 9.09. The number of hydrogen-bond acceptors (Lipinski definition) is 1. The summed E-state index contributed by atoms with van der Waals surface area (Å²) in [5, 5.41) is 1.17. The van der Waals surface area contributed by atoms with Crippen molar-refractivity contribution in [3.63, 3.8) is 0 Å². The van der Waals surface area contributed by atoms with E-state index in [0.717, 1.165) is 5.65 Å². The van der Waals surface area contributed by atoms with Crippen molar-refractivity contribution < 1.29 is 0 Å². The molecule has 62 valence electrons. The molecular weight excluding hydrogens is 216 g/mol. The maximum absolute atomic E-state index is 4.21. The lowest BCUT2D eigenvalue weighted by atomic mass is 10.3. The first-order chi connectivity index (χ1) is 5.77. The summed E-state index contributed by atoms with van der Waals surface area (Å²) in [5.41, 5.74) is 2.13. The molecule has 0 bridgehead atoms. The van der Waals surface area contributed by atoms with E-state index in [-0.39, 0.29) is 0 Å². The highest BCUT2D eigenvalue weighted by Gasteiger charge is 2.04. The van der Waals surface area contributed by atoms with Gasteiger partial charge in [0, 0.05) is 17.3 Å². The number of hydrogen-bond donors (Lipinski definition) is 1. The molecule has 3 heteroatoms. The van der Waals surface area contributed by atoms with Crippen molar-refractivity contribution in [2.75, 3.05) is 0 Å². The van der Waals surface area contributed by atoms with Crippen LogP contribution in [0.15, 0.2) is 24.4 Å². The standard InChI is InChI=1S/C9H9BrN2/c1-6(10)8-5-7-3-2-4-11-9(7)12-8/h2-6H,1H3,(H,11,12). The van der Waals surface area contributed by atoms with Gasteiger partial charge in [-0.3, -0.25) is 0 Å². The van der Waals surface area contributed by atoms with Gasteiger partial charge < -0.3 is 4.98 Å². The number of fused-ring (bicyclic) bond motifs is 1. The van der Waals surface area contributed by atoms with Gasteiger partial charge in [-0.1, -0.05) is 15.9 Å². The summed E-state index contributed by atoms with van der Waals surface area (Å²) in [6, 6.07) is 6.11. The fourth-order valence-electron chi connectivity index (χ4n) is 1.19. The van der Waals surface area contributed by atoms with Crippen LogP contribution in [0.3, 0.4) is 0 Å². The van der Waals surface area contributed by atoms with Gasteiger partial charge in [0.1, 0.15) is 5.65 Å². The molecule has 0 saturated carbocycles. The van der Waals surface area contributed by atoms with E-state index in [2.05, 4.69) is 45.0 Å². The lowest BCUT2D eigenvalue weighted by Crippen LogP contribution is -1.81. The zero-order valence-corrected chi connectivity index (χ0v) is 8.30. The van der Waals surface area contributed by atoms with Crippen LogP contribution in [0, 0.1) is 0 Å². The van der Waals surface area contributed by atoms with E-state index >= 15 is 0 Å². The van der Waals surface area contributed by atoms with Crippen LogP contribution in [0.25, 0.3) is 11.0 Å². The number of halogens is 1. The van der Waals surface area contributed by atoms with Crippen LogP contribution in [0.2, 0.25) is 0 Å². The molecule has 0 spiro atoms. The van der Waals surface area contributed by atoms with Gasteiger partial charge in [0.15, 0.2) is 0 Å². The van der Waals surface area contributed by atoms with Crippen molar-refractivity contribution in [2.45, 2.75) is 11.8 Å². The van der Waals surface area contributed by atoms with Crippen LogP contribution in [-0.2, 0) is 0 Å². The average Bonchev–Trinajstić information content (AvgIpc) is 2.46. The number of alkyl halides is 1. The quantitative estimate of drug-likeness (QED) is 0.742. The molecule has 0 aliphatic carbocycles. The van der Waals surface area contributed by atoms with Crippen LogP contribution in [0.5, 0.6) is 0 Å². The minimum atomic E-state index is 0.353. The molecule has 0 radical (unpaired) electrons. The lowest BCUT2D eigenvalue weighted by molar-refractivity contribution is 1.05. The molecule has 0 saturated heterocycles. The first-order valence-corrected chi connectivity index (χ1v) is 4.76. The Balaban J connectivity index is 2.62. The van der Waals surface area contributed by atoms with E-state index in [1.165, 1.54) is 11.1 Å². The maximum atomic E-state index is 4.21. The van der Waals surface area contributed by atoms with Crippen molar-refractivity contribution in [1.29, 1.82) is 0 Å². The SMILES string of the molecule is CC(Br)c1cc2cccnc2[nH]1. The third-order valence-corrected chi connectivity index (χ3v) is 2.33. The van der Waals surface area contributed by atoms with E-state index in [1.54, 1.807) is 6.20 Å². The van der Waals surface area contributed by atoms with Gasteiger partial charge in [-0.2, -0.15) is 0 Å². The predicted molar refractivity (Wildman–Crippen MR) is 53.4 cm³/mol. The van der Waals surface area contributed by atoms with E-state index in [0.29, 0.717) is 4.83 Å². The zero-order valence-electron chi connectivity index (χ0n) is 6.71. The summed E-state index contributed by atoms with van der Waals surface area (Å²) in [6.45, 7) is 2.09. The largest absolute Gasteiger partial charge is 0.342 e. The molecular formula is C9H9BrN2. The van der Waals surface area contributed by atoms with Gasteiger partial charge in [-0.15, -0.1) is 0 Å². The smallest absolute Gasteiger partial charge is 0.137 e. The Morgan fingerprint density at radius 2 is 2.42 bits per heavy atom. The summed E-state index contributed by atoms with van der Waals surface area (Å²) < 4.78 is 0. The van der Waals surface area contributed by atoms with Crippen molar-refractivity contribution in [3.8, 4) is 0 Å². The number of H-pyrrole nitrogens is 1. The Labute approximate surface area is 79.1 Å². The van der Waals surface area contributed by atoms with Gasteiger partial charge in [0.25, 0.3) is 0 Å². The fraction of sp³-hybridized carbons (Fsp3) is 0.222. The third kappa shape index (κ3) is 1.25. The number of pyridine rings is 1. The summed E-state index contributed by atoms with van der Waals surface area (Å²) in [4.78, 5) is 7.80. The van der Waals surface area contributed by atoms with E-state index < -0.39 is 0 Å². The molecule has 0 aromatic carbocycles. The number of aromatic amines is 1. The highest BCUT2D eigenvalue weighted by Crippen LogP contribution is 2.23. The van der Waals surface area contributed by atoms with Gasteiger partial charge in [0.05, 0.1) is 4.83 Å². The van der Waals surface area contributed by atoms with Crippen LogP contribution < -0.4 is 0 Å². The summed E-state index contributed by atoms with van der Waals surface area (Å²) in [7, 11) is 0. The Morgan fingerprint density at radius 3 is 3.08 bits per heavy atom. The normalized spacial score (nSPS) is 13.5. The van der Waals surface area contributed by atoms with Gasteiger partial charge in [-0.25, -0.2) is 4.98 Å². The average molecular weight is 225 g/mol. The fourth-order valence-corrected chi connectivity index (χ4v) is 1.44. The van der Waals surface area contributed by atoms with E-state index in [9.17, 15) is 0 Å². The van der Waals surface area contributed by atoms with Crippen LogP contribution in [-0.4, -0.2) is 9.97 Å².